The van der Waals surface area contributed by atoms with Gasteiger partial charge in [-0.25, -0.2) is 4.79 Å². The number of fused-ring (bicyclic) bond motifs is 1. The molecule has 1 fully saturated rings. The van der Waals surface area contributed by atoms with Gasteiger partial charge in [-0.15, -0.1) is 5.06 Å². The van der Waals surface area contributed by atoms with Crippen molar-refractivity contribution in [3.05, 3.63) is 28.2 Å². The van der Waals surface area contributed by atoms with Gasteiger partial charge in [-0.2, -0.15) is 0 Å². The van der Waals surface area contributed by atoms with Crippen LogP contribution in [0.5, 0.6) is 0 Å². The molecule has 29 heavy (non-hydrogen) atoms. The third kappa shape index (κ3) is 4.58. The van der Waals surface area contributed by atoms with Gasteiger partial charge in [0.1, 0.15) is 0 Å². The first-order valence-electron chi connectivity index (χ1n) is 10.8. The minimum atomic E-state index is -0.375. The van der Waals surface area contributed by atoms with Crippen LogP contribution in [0.15, 0.2) is 22.7 Å². The van der Waals surface area contributed by atoms with Crippen LogP contribution in [0, 0.1) is 11.8 Å². The van der Waals surface area contributed by atoms with Crippen molar-refractivity contribution in [1.29, 1.82) is 0 Å². The quantitative estimate of drug-likeness (QED) is 0.552. The third-order valence-corrected chi connectivity index (χ3v) is 7.10. The van der Waals surface area contributed by atoms with Crippen LogP contribution in [-0.2, 0) is 4.84 Å². The molecule has 5 nitrogen and oxygen atoms in total. The number of carbonyl (C=O) groups is 1. The average Bonchev–Trinajstić information content (AvgIpc) is 2.60. The molecule has 6 heteroatoms. The number of halogens is 1. The number of anilines is 1. The van der Waals surface area contributed by atoms with Crippen LogP contribution < -0.4 is 10.6 Å². The molecule has 1 aromatic rings. The fourth-order valence-electron chi connectivity index (χ4n) is 5.17. The van der Waals surface area contributed by atoms with E-state index in [2.05, 4.69) is 87.2 Å². The minimum absolute atomic E-state index is 0.111. The fraction of sp³-hybridized carbons (Fsp3) is 0.696. The highest BCUT2D eigenvalue weighted by Gasteiger charge is 2.45. The van der Waals surface area contributed by atoms with E-state index in [9.17, 15) is 4.79 Å². The summed E-state index contributed by atoms with van der Waals surface area (Å²) >= 11 is 3.58. The van der Waals surface area contributed by atoms with Crippen LogP contribution in [0.25, 0.3) is 0 Å². The van der Waals surface area contributed by atoms with Gasteiger partial charge in [-0.1, -0.05) is 36.7 Å². The Balaban J connectivity index is 1.84. The van der Waals surface area contributed by atoms with Gasteiger partial charge in [-0.3, -0.25) is 0 Å². The van der Waals surface area contributed by atoms with Gasteiger partial charge in [0.05, 0.1) is 17.1 Å². The molecule has 2 heterocycles. The number of hydrogen-bond acceptors (Lipinski definition) is 4. The van der Waals surface area contributed by atoms with E-state index >= 15 is 0 Å². The molecule has 0 aliphatic carbocycles. The monoisotopic (exact) mass is 465 g/mol. The molecule has 0 aromatic heterocycles. The number of piperidine rings is 1. The van der Waals surface area contributed by atoms with E-state index in [-0.39, 0.29) is 35.2 Å². The summed E-state index contributed by atoms with van der Waals surface area (Å²) in [6.07, 6.45) is 2.79. The predicted octanol–water partition coefficient (Wildman–Crippen LogP) is 6.26. The zero-order valence-electron chi connectivity index (χ0n) is 18.8. The van der Waals surface area contributed by atoms with Crippen molar-refractivity contribution in [3.63, 3.8) is 0 Å². The molecule has 2 aliphatic rings. The van der Waals surface area contributed by atoms with Gasteiger partial charge in [-0.05, 0) is 76.6 Å². The van der Waals surface area contributed by atoms with Gasteiger partial charge in [0.2, 0.25) is 0 Å². The second kappa shape index (κ2) is 8.10. The van der Waals surface area contributed by atoms with Gasteiger partial charge in [0, 0.05) is 22.1 Å². The van der Waals surface area contributed by atoms with E-state index in [1.807, 2.05) is 11.1 Å². The van der Waals surface area contributed by atoms with Crippen LogP contribution >= 0.6 is 15.9 Å². The Morgan fingerprint density at radius 2 is 1.86 bits per heavy atom. The standard InChI is InChI=1S/C23H36BrN3O2/c1-14(2)19-15(3)20(17-13-16(24)9-10-18(17)25-19)26-21(28)29-27-22(4,5)11-8-12-23(27,6)7/h9-10,13-15,19-20,25H,8,11-12H2,1-7H3,(H,26,28)/t15-,19-,20?/m0/s1. The summed E-state index contributed by atoms with van der Waals surface area (Å²) in [5.41, 5.74) is 1.81. The lowest BCUT2D eigenvalue weighted by Crippen LogP contribution is -2.60. The van der Waals surface area contributed by atoms with Crippen molar-refractivity contribution in [2.75, 3.05) is 5.32 Å². The Hall–Kier alpha value is -1.27. The van der Waals surface area contributed by atoms with E-state index in [4.69, 9.17) is 4.84 Å². The van der Waals surface area contributed by atoms with Crippen molar-refractivity contribution in [1.82, 2.24) is 10.4 Å². The number of hydrogen-bond donors (Lipinski definition) is 2. The highest BCUT2D eigenvalue weighted by atomic mass is 79.9. The summed E-state index contributed by atoms with van der Waals surface area (Å²) < 4.78 is 1.01. The first-order chi connectivity index (χ1) is 13.4. The normalized spacial score (nSPS) is 28.4. The van der Waals surface area contributed by atoms with Gasteiger partial charge in [0.25, 0.3) is 0 Å². The number of amides is 1. The van der Waals surface area contributed by atoms with Gasteiger partial charge in [0.15, 0.2) is 0 Å². The van der Waals surface area contributed by atoms with E-state index in [0.717, 1.165) is 35.0 Å². The zero-order valence-corrected chi connectivity index (χ0v) is 20.4. The average molecular weight is 466 g/mol. The fourth-order valence-corrected chi connectivity index (χ4v) is 5.55. The highest BCUT2D eigenvalue weighted by molar-refractivity contribution is 9.10. The molecule has 0 saturated carbocycles. The largest absolute Gasteiger partial charge is 0.426 e. The molecule has 1 aromatic carbocycles. The molecule has 162 valence electrons. The van der Waals surface area contributed by atoms with Crippen molar-refractivity contribution >= 4 is 27.7 Å². The predicted molar refractivity (Wildman–Crippen MR) is 122 cm³/mol. The SMILES string of the molecule is CC(C)[C@@H]1Nc2ccc(Br)cc2C(NC(=O)ON2C(C)(C)CCCC2(C)C)[C@H]1C. The van der Waals surface area contributed by atoms with Crippen LogP contribution in [0.3, 0.4) is 0 Å². The first kappa shape index (κ1) is 22.4. The van der Waals surface area contributed by atoms with E-state index in [1.54, 1.807) is 0 Å². The Morgan fingerprint density at radius 1 is 1.24 bits per heavy atom. The second-order valence-electron chi connectivity index (χ2n) is 10.3. The van der Waals surface area contributed by atoms with Crippen LogP contribution in [-0.4, -0.2) is 28.3 Å². The summed E-state index contributed by atoms with van der Waals surface area (Å²) in [5.74, 6) is 0.675. The van der Waals surface area contributed by atoms with Crippen LogP contribution in [0.1, 0.15) is 79.3 Å². The van der Waals surface area contributed by atoms with E-state index in [0.29, 0.717) is 5.92 Å². The molecule has 0 spiro atoms. The van der Waals surface area contributed by atoms with Crippen LogP contribution in [0.4, 0.5) is 10.5 Å². The molecule has 1 unspecified atom stereocenters. The summed E-state index contributed by atoms with van der Waals surface area (Å²) in [6.45, 7) is 15.2. The maximum Gasteiger partial charge on any atom is 0.426 e. The Bertz CT molecular complexity index is 746. The van der Waals surface area contributed by atoms with Crippen molar-refractivity contribution in [2.24, 2.45) is 11.8 Å². The van der Waals surface area contributed by atoms with Gasteiger partial charge < -0.3 is 15.5 Å². The Morgan fingerprint density at radius 3 is 2.45 bits per heavy atom. The molecule has 0 radical (unpaired) electrons. The Labute approximate surface area is 184 Å². The number of benzene rings is 1. The van der Waals surface area contributed by atoms with E-state index < -0.39 is 0 Å². The molecule has 1 saturated heterocycles. The summed E-state index contributed by atoms with van der Waals surface area (Å²) in [6, 6.07) is 6.37. The lowest BCUT2D eigenvalue weighted by Gasteiger charge is -2.50. The highest BCUT2D eigenvalue weighted by Crippen LogP contribution is 2.41. The van der Waals surface area contributed by atoms with Crippen molar-refractivity contribution in [3.8, 4) is 0 Å². The molecule has 3 atom stereocenters. The number of rotatable bonds is 3. The topological polar surface area (TPSA) is 53.6 Å². The lowest BCUT2D eigenvalue weighted by atomic mass is 9.79. The first-order valence-corrected chi connectivity index (χ1v) is 11.6. The maximum atomic E-state index is 13.1. The lowest BCUT2D eigenvalue weighted by molar-refractivity contribution is -0.239. The minimum Gasteiger partial charge on any atom is -0.381 e. The molecular weight excluding hydrogens is 430 g/mol. The molecule has 2 aliphatic heterocycles. The van der Waals surface area contributed by atoms with Gasteiger partial charge >= 0.3 is 6.09 Å². The summed E-state index contributed by atoms with van der Waals surface area (Å²) in [5, 5.41) is 8.77. The zero-order chi connectivity index (χ0) is 21.6. The number of nitrogens with zero attached hydrogens (tertiary/aromatic N) is 1. The van der Waals surface area contributed by atoms with Crippen molar-refractivity contribution < 1.29 is 9.63 Å². The number of carbonyl (C=O) groups excluding carboxylic acids is 1. The van der Waals surface area contributed by atoms with Crippen molar-refractivity contribution in [2.45, 2.75) is 90.9 Å². The number of nitrogens with one attached hydrogen (secondary N) is 2. The molecule has 1 amide bonds. The maximum absolute atomic E-state index is 13.1. The number of hydroxylamine groups is 2. The molecule has 2 N–H and O–H groups in total. The molecule has 0 bridgehead atoms. The molecule has 3 rings (SSSR count). The summed E-state index contributed by atoms with van der Waals surface area (Å²) in [7, 11) is 0. The smallest absolute Gasteiger partial charge is 0.381 e. The third-order valence-electron chi connectivity index (χ3n) is 6.61. The summed E-state index contributed by atoms with van der Waals surface area (Å²) in [4.78, 5) is 19.0. The van der Waals surface area contributed by atoms with Crippen LogP contribution in [0.2, 0.25) is 0 Å². The van der Waals surface area contributed by atoms with E-state index in [1.165, 1.54) is 0 Å². The second-order valence-corrected chi connectivity index (χ2v) is 11.2. The molecular formula is C23H36BrN3O2. The Kier molecular flexibility index (Phi) is 6.26.